The number of ether oxygens (including phenoxy) is 1. The standard InChI is InChI=1S/C18H28ClNO2/c1-4-7-8-14(5-2)13-20-18(21)17(6-3)22-16-11-9-15(19)10-12-16/h9-12,14,17H,4-8,13H2,1-3H3,(H,20,21). The van der Waals surface area contributed by atoms with Crippen LogP contribution in [0.4, 0.5) is 0 Å². The lowest BCUT2D eigenvalue weighted by atomic mass is 9.99. The number of amides is 1. The molecule has 3 nitrogen and oxygen atoms in total. The summed E-state index contributed by atoms with van der Waals surface area (Å²) in [7, 11) is 0. The Morgan fingerprint density at radius 2 is 1.86 bits per heavy atom. The lowest BCUT2D eigenvalue weighted by Crippen LogP contribution is -2.40. The zero-order valence-electron chi connectivity index (χ0n) is 13.9. The normalized spacial score (nSPS) is 13.5. The number of rotatable bonds is 10. The number of nitrogens with one attached hydrogen (secondary N) is 1. The molecular formula is C18H28ClNO2. The number of unbranched alkanes of at least 4 members (excludes halogenated alkanes) is 1. The second kappa shape index (κ2) is 10.5. The highest BCUT2D eigenvalue weighted by molar-refractivity contribution is 6.30. The molecule has 0 heterocycles. The molecule has 0 aliphatic carbocycles. The van der Waals surface area contributed by atoms with Crippen molar-refractivity contribution in [3.05, 3.63) is 29.3 Å². The average Bonchev–Trinajstić information content (AvgIpc) is 2.54. The summed E-state index contributed by atoms with van der Waals surface area (Å²) in [5, 5.41) is 3.69. The first-order chi connectivity index (χ1) is 10.6. The zero-order chi connectivity index (χ0) is 16.4. The van der Waals surface area contributed by atoms with Gasteiger partial charge < -0.3 is 10.1 Å². The molecule has 0 aliphatic rings. The van der Waals surface area contributed by atoms with Gasteiger partial charge in [-0.15, -0.1) is 0 Å². The molecule has 1 N–H and O–H groups in total. The molecule has 124 valence electrons. The highest BCUT2D eigenvalue weighted by Gasteiger charge is 2.19. The Hall–Kier alpha value is -1.22. The first kappa shape index (κ1) is 18.8. The van der Waals surface area contributed by atoms with E-state index in [2.05, 4.69) is 19.2 Å². The van der Waals surface area contributed by atoms with Gasteiger partial charge in [-0.2, -0.15) is 0 Å². The number of hydrogen-bond acceptors (Lipinski definition) is 2. The minimum Gasteiger partial charge on any atom is -0.481 e. The number of carbonyl (C=O) groups excluding carboxylic acids is 1. The minimum absolute atomic E-state index is 0.0348. The third-order valence-electron chi connectivity index (χ3n) is 3.86. The van der Waals surface area contributed by atoms with E-state index in [1.54, 1.807) is 24.3 Å². The lowest BCUT2D eigenvalue weighted by Gasteiger charge is -2.20. The summed E-state index contributed by atoms with van der Waals surface area (Å²) in [6.07, 6.45) is 4.86. The van der Waals surface area contributed by atoms with Gasteiger partial charge in [0.1, 0.15) is 5.75 Å². The molecule has 0 radical (unpaired) electrons. The maximum absolute atomic E-state index is 12.3. The van der Waals surface area contributed by atoms with E-state index in [1.165, 1.54) is 19.3 Å². The molecule has 1 aromatic rings. The van der Waals surface area contributed by atoms with E-state index in [1.807, 2.05) is 6.92 Å². The molecule has 0 bridgehead atoms. The Labute approximate surface area is 139 Å². The topological polar surface area (TPSA) is 38.3 Å². The summed E-state index contributed by atoms with van der Waals surface area (Å²) in [5.41, 5.74) is 0. The minimum atomic E-state index is -0.454. The van der Waals surface area contributed by atoms with E-state index < -0.39 is 6.10 Å². The molecule has 2 unspecified atom stereocenters. The Balaban J connectivity index is 2.48. The first-order valence-corrected chi connectivity index (χ1v) is 8.68. The van der Waals surface area contributed by atoms with E-state index in [4.69, 9.17) is 16.3 Å². The van der Waals surface area contributed by atoms with Crippen LogP contribution in [0.5, 0.6) is 5.75 Å². The van der Waals surface area contributed by atoms with Crippen LogP contribution in [0.3, 0.4) is 0 Å². The van der Waals surface area contributed by atoms with Gasteiger partial charge in [-0.05, 0) is 43.0 Å². The van der Waals surface area contributed by atoms with Gasteiger partial charge in [-0.1, -0.05) is 51.6 Å². The van der Waals surface area contributed by atoms with Crippen LogP contribution in [0, 0.1) is 5.92 Å². The second-order valence-corrected chi connectivity index (χ2v) is 6.07. The maximum Gasteiger partial charge on any atom is 0.261 e. The molecule has 0 spiro atoms. The number of hydrogen-bond donors (Lipinski definition) is 1. The van der Waals surface area contributed by atoms with Gasteiger partial charge in [0.2, 0.25) is 0 Å². The Kier molecular flexibility index (Phi) is 8.98. The number of carbonyl (C=O) groups is 1. The van der Waals surface area contributed by atoms with Crippen molar-refractivity contribution in [2.24, 2.45) is 5.92 Å². The first-order valence-electron chi connectivity index (χ1n) is 8.30. The van der Waals surface area contributed by atoms with Crippen LogP contribution in [-0.4, -0.2) is 18.6 Å². The molecule has 4 heteroatoms. The molecule has 2 atom stereocenters. The van der Waals surface area contributed by atoms with Crippen LogP contribution >= 0.6 is 11.6 Å². The molecule has 1 aromatic carbocycles. The van der Waals surface area contributed by atoms with Gasteiger partial charge >= 0.3 is 0 Å². The van der Waals surface area contributed by atoms with Gasteiger partial charge in [0, 0.05) is 11.6 Å². The van der Waals surface area contributed by atoms with E-state index in [0.717, 1.165) is 13.0 Å². The smallest absolute Gasteiger partial charge is 0.261 e. The Morgan fingerprint density at radius 1 is 1.18 bits per heavy atom. The molecule has 0 aromatic heterocycles. The fourth-order valence-electron chi connectivity index (χ4n) is 2.30. The van der Waals surface area contributed by atoms with Crippen molar-refractivity contribution in [3.63, 3.8) is 0 Å². The van der Waals surface area contributed by atoms with E-state index in [-0.39, 0.29) is 5.91 Å². The Morgan fingerprint density at radius 3 is 2.41 bits per heavy atom. The van der Waals surface area contributed by atoms with Gasteiger partial charge in [-0.3, -0.25) is 4.79 Å². The largest absolute Gasteiger partial charge is 0.481 e. The molecule has 1 amide bonds. The quantitative estimate of drug-likeness (QED) is 0.669. The lowest BCUT2D eigenvalue weighted by molar-refractivity contribution is -0.128. The molecule has 0 saturated carbocycles. The fourth-order valence-corrected chi connectivity index (χ4v) is 2.43. The summed E-state index contributed by atoms with van der Waals surface area (Å²) >= 11 is 5.85. The van der Waals surface area contributed by atoms with Crippen molar-refractivity contribution in [2.45, 2.75) is 59.0 Å². The molecule has 22 heavy (non-hydrogen) atoms. The van der Waals surface area contributed by atoms with Gasteiger partial charge in [0.05, 0.1) is 0 Å². The van der Waals surface area contributed by atoms with Gasteiger partial charge in [0.25, 0.3) is 5.91 Å². The number of benzene rings is 1. The van der Waals surface area contributed by atoms with E-state index in [9.17, 15) is 4.79 Å². The summed E-state index contributed by atoms with van der Waals surface area (Å²) < 4.78 is 5.76. The van der Waals surface area contributed by atoms with E-state index >= 15 is 0 Å². The molecule has 0 saturated heterocycles. The second-order valence-electron chi connectivity index (χ2n) is 5.63. The SMILES string of the molecule is CCCCC(CC)CNC(=O)C(CC)Oc1ccc(Cl)cc1. The highest BCUT2D eigenvalue weighted by atomic mass is 35.5. The summed E-state index contributed by atoms with van der Waals surface area (Å²) in [6.45, 7) is 7.05. The molecule has 0 aliphatic heterocycles. The molecular weight excluding hydrogens is 298 g/mol. The Bertz CT molecular complexity index is 433. The molecule has 0 fully saturated rings. The predicted octanol–water partition coefficient (Wildman–Crippen LogP) is 4.83. The van der Waals surface area contributed by atoms with Crippen LogP contribution in [0.2, 0.25) is 5.02 Å². The fraction of sp³-hybridized carbons (Fsp3) is 0.611. The summed E-state index contributed by atoms with van der Waals surface area (Å²) in [4.78, 5) is 12.3. The van der Waals surface area contributed by atoms with Crippen molar-refractivity contribution in [3.8, 4) is 5.75 Å². The third kappa shape index (κ3) is 6.69. The van der Waals surface area contributed by atoms with Gasteiger partial charge in [0.15, 0.2) is 6.10 Å². The van der Waals surface area contributed by atoms with Crippen molar-refractivity contribution in [1.29, 1.82) is 0 Å². The van der Waals surface area contributed by atoms with E-state index in [0.29, 0.717) is 23.1 Å². The highest BCUT2D eigenvalue weighted by Crippen LogP contribution is 2.18. The third-order valence-corrected chi connectivity index (χ3v) is 4.12. The van der Waals surface area contributed by atoms with Crippen molar-refractivity contribution in [2.75, 3.05) is 6.54 Å². The number of halogens is 1. The maximum atomic E-state index is 12.3. The monoisotopic (exact) mass is 325 g/mol. The summed E-state index contributed by atoms with van der Waals surface area (Å²) in [6, 6.07) is 7.10. The average molecular weight is 326 g/mol. The van der Waals surface area contributed by atoms with Crippen LogP contribution in [0.1, 0.15) is 52.9 Å². The van der Waals surface area contributed by atoms with Crippen LogP contribution < -0.4 is 10.1 Å². The predicted molar refractivity (Wildman–Crippen MR) is 92.5 cm³/mol. The van der Waals surface area contributed by atoms with Crippen LogP contribution in [0.25, 0.3) is 0 Å². The van der Waals surface area contributed by atoms with Crippen molar-refractivity contribution < 1.29 is 9.53 Å². The van der Waals surface area contributed by atoms with Crippen molar-refractivity contribution in [1.82, 2.24) is 5.32 Å². The molecule has 1 rings (SSSR count). The summed E-state index contributed by atoms with van der Waals surface area (Å²) in [5.74, 6) is 1.19. The van der Waals surface area contributed by atoms with Crippen LogP contribution in [0.15, 0.2) is 24.3 Å². The zero-order valence-corrected chi connectivity index (χ0v) is 14.7. The van der Waals surface area contributed by atoms with Crippen LogP contribution in [-0.2, 0) is 4.79 Å². The van der Waals surface area contributed by atoms with Gasteiger partial charge in [-0.25, -0.2) is 0 Å². The van der Waals surface area contributed by atoms with Crippen molar-refractivity contribution >= 4 is 17.5 Å².